The van der Waals surface area contributed by atoms with Gasteiger partial charge in [0.15, 0.2) is 5.43 Å². The summed E-state index contributed by atoms with van der Waals surface area (Å²) in [5.74, 6) is 0.0260. The minimum atomic E-state index is -0.907. The molecule has 8 nitrogen and oxygen atoms in total. The van der Waals surface area contributed by atoms with Gasteiger partial charge >= 0.3 is 5.97 Å². The number of anilines is 1. The summed E-state index contributed by atoms with van der Waals surface area (Å²) >= 11 is 0. The van der Waals surface area contributed by atoms with Crippen LogP contribution in [-0.2, 0) is 11.3 Å². The third kappa shape index (κ3) is 6.24. The molecular weight excluding hydrogens is 530 g/mol. The predicted octanol–water partition coefficient (Wildman–Crippen LogP) is 7.02. The van der Waals surface area contributed by atoms with Gasteiger partial charge in [0.05, 0.1) is 40.9 Å². The van der Waals surface area contributed by atoms with Gasteiger partial charge in [-0.25, -0.2) is 4.79 Å². The van der Waals surface area contributed by atoms with E-state index in [1.165, 1.54) is 6.07 Å². The number of carbonyl (C=O) groups is 1. The van der Waals surface area contributed by atoms with Crippen molar-refractivity contribution in [1.82, 2.24) is 9.78 Å². The molecule has 0 saturated carbocycles. The summed E-state index contributed by atoms with van der Waals surface area (Å²) < 4.78 is 13.8. The molecule has 0 spiro atoms. The molecule has 42 heavy (non-hydrogen) atoms. The van der Waals surface area contributed by atoms with Crippen LogP contribution in [0.2, 0.25) is 0 Å². The predicted molar refractivity (Wildman–Crippen MR) is 166 cm³/mol. The second-order valence-electron chi connectivity index (χ2n) is 12.5. The number of rotatable bonds is 7. The van der Waals surface area contributed by atoms with Crippen molar-refractivity contribution in [2.75, 3.05) is 5.32 Å². The standard InChI is InChI=1S/C34H37N3O5/c1-20-14-25(21(2)36-27-11-9-8-10-24(27)32(39)42-33(3,4)5)31-26(15-20)29(38)17-30(41-31)22-12-13-28-23(16-22)18-35-37(28)19-34(6,7)40/h8-18,21,36,40H,19H2,1-7H3. The number of ether oxygens (including phenoxy) is 1. The summed E-state index contributed by atoms with van der Waals surface area (Å²) in [4.78, 5) is 26.3. The highest BCUT2D eigenvalue weighted by molar-refractivity contribution is 5.96. The molecule has 5 rings (SSSR count). The third-order valence-corrected chi connectivity index (χ3v) is 6.85. The van der Waals surface area contributed by atoms with Crippen molar-refractivity contribution < 1.29 is 19.1 Å². The van der Waals surface area contributed by atoms with Crippen LogP contribution in [0.25, 0.3) is 33.2 Å². The summed E-state index contributed by atoms with van der Waals surface area (Å²) in [5, 5.41) is 19.5. The van der Waals surface area contributed by atoms with Gasteiger partial charge in [-0.15, -0.1) is 0 Å². The van der Waals surface area contributed by atoms with Crippen LogP contribution >= 0.6 is 0 Å². The Balaban J connectivity index is 1.54. The van der Waals surface area contributed by atoms with Gasteiger partial charge < -0.3 is 19.6 Å². The lowest BCUT2D eigenvalue weighted by molar-refractivity contribution is 0.00704. The van der Waals surface area contributed by atoms with E-state index in [9.17, 15) is 14.7 Å². The molecule has 0 amide bonds. The number of fused-ring (bicyclic) bond motifs is 2. The van der Waals surface area contributed by atoms with Crippen molar-refractivity contribution in [3.8, 4) is 11.3 Å². The maximum Gasteiger partial charge on any atom is 0.340 e. The Labute approximate surface area is 244 Å². The molecule has 0 aliphatic carbocycles. The molecule has 1 unspecified atom stereocenters. The van der Waals surface area contributed by atoms with Crippen LogP contribution in [0.1, 0.15) is 69.1 Å². The number of hydrogen-bond donors (Lipinski definition) is 2. The second kappa shape index (κ2) is 10.8. The number of benzene rings is 3. The van der Waals surface area contributed by atoms with Crippen LogP contribution in [0.3, 0.4) is 0 Å². The van der Waals surface area contributed by atoms with Crippen LogP contribution in [0, 0.1) is 6.92 Å². The molecule has 5 aromatic rings. The first-order valence-corrected chi connectivity index (χ1v) is 14.0. The van der Waals surface area contributed by atoms with Crippen molar-refractivity contribution in [1.29, 1.82) is 0 Å². The van der Waals surface area contributed by atoms with Crippen LogP contribution in [-0.4, -0.2) is 32.1 Å². The van der Waals surface area contributed by atoms with E-state index in [-0.39, 0.29) is 11.5 Å². The monoisotopic (exact) mass is 567 g/mol. The van der Waals surface area contributed by atoms with Crippen LogP contribution in [0.5, 0.6) is 0 Å². The molecule has 2 N–H and O–H groups in total. The highest BCUT2D eigenvalue weighted by Gasteiger charge is 2.23. The first kappa shape index (κ1) is 29.1. The summed E-state index contributed by atoms with van der Waals surface area (Å²) in [5.41, 5.74) is 3.20. The Hall–Kier alpha value is -4.43. The highest BCUT2D eigenvalue weighted by Crippen LogP contribution is 2.32. The number of aryl methyl sites for hydroxylation is 1. The molecular formula is C34H37N3O5. The number of esters is 1. The molecule has 2 heterocycles. The quantitative estimate of drug-likeness (QED) is 0.204. The number of aromatic nitrogens is 2. The van der Waals surface area contributed by atoms with Crippen LogP contribution in [0.15, 0.2) is 76.1 Å². The zero-order chi connectivity index (χ0) is 30.4. The Morgan fingerprint density at radius 2 is 1.81 bits per heavy atom. The van der Waals surface area contributed by atoms with E-state index in [0.29, 0.717) is 34.5 Å². The minimum absolute atomic E-state index is 0.143. The average molecular weight is 568 g/mol. The van der Waals surface area contributed by atoms with E-state index in [0.717, 1.165) is 27.6 Å². The maximum absolute atomic E-state index is 13.4. The van der Waals surface area contributed by atoms with Crippen molar-refractivity contribution in [3.63, 3.8) is 0 Å². The van der Waals surface area contributed by atoms with Gasteiger partial charge in [-0.05, 0) is 90.4 Å². The number of nitrogens with one attached hydrogen (secondary N) is 1. The Kier molecular flexibility index (Phi) is 7.45. The fraction of sp³-hybridized carbons (Fsp3) is 0.324. The van der Waals surface area contributed by atoms with Crippen LogP contribution in [0.4, 0.5) is 5.69 Å². The molecule has 2 aromatic heterocycles. The SMILES string of the molecule is Cc1cc(C(C)Nc2ccccc2C(=O)OC(C)(C)C)c2oc(-c3ccc4c(cnn4CC(C)(C)O)c3)cc(=O)c2c1. The largest absolute Gasteiger partial charge is 0.456 e. The molecule has 218 valence electrons. The van der Waals surface area contributed by atoms with E-state index >= 15 is 0 Å². The van der Waals surface area contributed by atoms with Crippen molar-refractivity contribution in [2.45, 2.75) is 72.3 Å². The van der Waals surface area contributed by atoms with Gasteiger partial charge in [0.25, 0.3) is 0 Å². The third-order valence-electron chi connectivity index (χ3n) is 6.85. The highest BCUT2D eigenvalue weighted by atomic mass is 16.6. The molecule has 1 atom stereocenters. The van der Waals surface area contributed by atoms with Crippen molar-refractivity contribution in [2.24, 2.45) is 0 Å². The molecule has 8 heteroatoms. The number of carbonyl (C=O) groups excluding carboxylic acids is 1. The van der Waals surface area contributed by atoms with E-state index in [1.54, 1.807) is 36.9 Å². The number of aliphatic hydroxyl groups is 1. The maximum atomic E-state index is 13.4. The van der Waals surface area contributed by atoms with Gasteiger partial charge in [-0.2, -0.15) is 5.10 Å². The molecule has 0 fully saturated rings. The first-order valence-electron chi connectivity index (χ1n) is 14.0. The Morgan fingerprint density at radius 1 is 1.07 bits per heavy atom. The number of hydrogen-bond acceptors (Lipinski definition) is 7. The average Bonchev–Trinajstić information content (AvgIpc) is 3.28. The van der Waals surface area contributed by atoms with Crippen molar-refractivity contribution >= 4 is 33.5 Å². The van der Waals surface area contributed by atoms with Crippen LogP contribution < -0.4 is 10.7 Å². The van der Waals surface area contributed by atoms with Crippen molar-refractivity contribution in [3.05, 3.63) is 93.8 Å². The molecule has 3 aromatic carbocycles. The van der Waals surface area contributed by atoms with Gasteiger partial charge in [0.2, 0.25) is 0 Å². The zero-order valence-electron chi connectivity index (χ0n) is 25.1. The topological polar surface area (TPSA) is 107 Å². The number of nitrogens with zero attached hydrogens (tertiary/aromatic N) is 2. The number of para-hydroxylation sites is 1. The second-order valence-corrected chi connectivity index (χ2v) is 12.5. The van der Waals surface area contributed by atoms with E-state index in [1.807, 2.05) is 77.1 Å². The van der Waals surface area contributed by atoms with E-state index < -0.39 is 17.2 Å². The molecule has 0 radical (unpaired) electrons. The summed E-state index contributed by atoms with van der Waals surface area (Å²) in [7, 11) is 0. The Morgan fingerprint density at radius 3 is 2.52 bits per heavy atom. The van der Waals surface area contributed by atoms with Gasteiger partial charge in [0, 0.05) is 28.3 Å². The normalized spacial score (nSPS) is 13.0. The van der Waals surface area contributed by atoms with Gasteiger partial charge in [0.1, 0.15) is 16.9 Å². The van der Waals surface area contributed by atoms with Gasteiger partial charge in [-0.3, -0.25) is 9.48 Å². The minimum Gasteiger partial charge on any atom is -0.456 e. The fourth-order valence-corrected chi connectivity index (χ4v) is 5.06. The summed E-state index contributed by atoms with van der Waals surface area (Å²) in [6, 6.07) is 18.0. The zero-order valence-corrected chi connectivity index (χ0v) is 25.1. The van der Waals surface area contributed by atoms with Gasteiger partial charge in [-0.1, -0.05) is 18.2 Å². The Bertz CT molecular complexity index is 1850. The fourth-order valence-electron chi connectivity index (χ4n) is 5.06. The smallest absolute Gasteiger partial charge is 0.340 e. The molecule has 0 saturated heterocycles. The lowest BCUT2D eigenvalue weighted by Crippen LogP contribution is -2.26. The first-order chi connectivity index (χ1) is 19.7. The molecule has 0 aliphatic rings. The summed E-state index contributed by atoms with van der Waals surface area (Å²) in [6.45, 7) is 13.2. The van der Waals surface area contributed by atoms with E-state index in [4.69, 9.17) is 9.15 Å². The molecule has 0 aliphatic heterocycles. The summed E-state index contributed by atoms with van der Waals surface area (Å²) in [6.07, 6.45) is 1.74. The molecule has 0 bridgehead atoms. The lowest BCUT2D eigenvalue weighted by atomic mass is 10.00. The lowest BCUT2D eigenvalue weighted by Gasteiger charge is -2.22. The van der Waals surface area contributed by atoms with E-state index in [2.05, 4.69) is 10.4 Å².